The lowest BCUT2D eigenvalue weighted by molar-refractivity contribution is -0.172. The third-order valence-electron chi connectivity index (χ3n) is 10.1. The monoisotopic (exact) mass is 561 g/mol. The molecule has 1 amide bonds. The number of benzene rings is 1. The van der Waals surface area contributed by atoms with Crippen LogP contribution in [0.15, 0.2) is 16.9 Å². The average molecular weight is 562 g/mol. The minimum absolute atomic E-state index is 0.0303. The van der Waals surface area contributed by atoms with Crippen molar-refractivity contribution >= 4 is 22.8 Å². The largest absolute Gasteiger partial charge is 0.458 e. The Morgan fingerprint density at radius 3 is 2.71 bits per heavy atom. The number of aryl methyl sites for hydroxylation is 1. The minimum Gasteiger partial charge on any atom is -0.458 e. The maximum absolute atomic E-state index is 15.1. The number of hydrogen-bond donors (Lipinski definition) is 3. The van der Waals surface area contributed by atoms with E-state index in [1.807, 2.05) is 0 Å². The van der Waals surface area contributed by atoms with Crippen LogP contribution >= 0.6 is 0 Å². The highest BCUT2D eigenvalue weighted by Gasteiger charge is 2.47. The van der Waals surface area contributed by atoms with E-state index in [4.69, 9.17) is 9.72 Å². The molecule has 0 saturated heterocycles. The van der Waals surface area contributed by atoms with E-state index < -0.39 is 17.0 Å². The summed E-state index contributed by atoms with van der Waals surface area (Å²) in [5.41, 5.74) is 1.90. The number of nitrogens with zero attached hydrogens (tertiary/aromatic N) is 2. The Balaban J connectivity index is 1.44. The third kappa shape index (κ3) is 3.46. The molecular formula is C31H32FN3O6. The molecule has 2 aliphatic heterocycles. The maximum atomic E-state index is 15.1. The summed E-state index contributed by atoms with van der Waals surface area (Å²) in [7, 11) is 0. The van der Waals surface area contributed by atoms with E-state index in [0.29, 0.717) is 41.7 Å². The Morgan fingerprint density at radius 2 is 2.02 bits per heavy atom. The van der Waals surface area contributed by atoms with Gasteiger partial charge in [-0.2, -0.15) is 0 Å². The van der Waals surface area contributed by atoms with Crippen LogP contribution in [0.25, 0.3) is 22.3 Å². The van der Waals surface area contributed by atoms with Crippen molar-refractivity contribution in [2.75, 3.05) is 6.61 Å². The molecule has 2 aromatic heterocycles. The lowest BCUT2D eigenvalue weighted by Crippen LogP contribution is -2.47. The molecule has 3 aromatic rings. The Morgan fingerprint density at radius 1 is 1.24 bits per heavy atom. The van der Waals surface area contributed by atoms with Crippen LogP contribution in [-0.2, 0) is 39.5 Å². The topological polar surface area (TPSA) is 131 Å². The standard InChI is InChI=1S/C31H32FN3O6/c1-3-31(40)19-11-23-26-17(13-35(23)27(37)18(19)14-41-29(31)39)25-21(34-28(38)30(9-10-36)7-4-8-30)6-5-16-15(2)20(32)12-22(33-26)24(16)25/h11-12,21,36,40H,3-10,13-14H2,1-2H3,(H,34,38)/t21-,31-/m0/s1. The molecule has 10 heteroatoms. The number of esters is 1. The first-order chi connectivity index (χ1) is 19.6. The fraction of sp³-hybridized carbons (Fsp3) is 0.484. The number of aliphatic hydroxyl groups is 2. The first-order valence-electron chi connectivity index (χ1n) is 14.4. The number of cyclic esters (lactones) is 1. The molecule has 7 rings (SSSR count). The molecule has 1 aromatic carbocycles. The third-order valence-corrected chi connectivity index (χ3v) is 10.1. The second-order valence-corrected chi connectivity index (χ2v) is 12.0. The number of rotatable bonds is 5. The molecule has 4 aliphatic rings. The van der Waals surface area contributed by atoms with Crippen molar-refractivity contribution in [3.8, 4) is 11.4 Å². The zero-order valence-corrected chi connectivity index (χ0v) is 23.1. The fourth-order valence-corrected chi connectivity index (χ4v) is 7.42. The van der Waals surface area contributed by atoms with E-state index in [2.05, 4.69) is 5.32 Å². The predicted molar refractivity (Wildman–Crippen MR) is 146 cm³/mol. The van der Waals surface area contributed by atoms with Crippen molar-refractivity contribution < 1.29 is 28.9 Å². The highest BCUT2D eigenvalue weighted by molar-refractivity contribution is 5.94. The zero-order chi connectivity index (χ0) is 28.8. The van der Waals surface area contributed by atoms with E-state index in [-0.39, 0.29) is 60.6 Å². The van der Waals surface area contributed by atoms with Crippen LogP contribution in [-0.4, -0.2) is 38.2 Å². The van der Waals surface area contributed by atoms with Gasteiger partial charge in [0.2, 0.25) is 5.91 Å². The minimum atomic E-state index is -1.95. The second kappa shape index (κ2) is 8.93. The Kier molecular flexibility index (Phi) is 5.73. The second-order valence-electron chi connectivity index (χ2n) is 12.0. The van der Waals surface area contributed by atoms with Crippen molar-refractivity contribution in [3.63, 3.8) is 0 Å². The highest BCUT2D eigenvalue weighted by Crippen LogP contribution is 2.48. The van der Waals surface area contributed by atoms with Crippen molar-refractivity contribution in [2.24, 2.45) is 5.41 Å². The maximum Gasteiger partial charge on any atom is 0.343 e. The van der Waals surface area contributed by atoms with Crippen molar-refractivity contribution in [1.29, 1.82) is 0 Å². The summed E-state index contributed by atoms with van der Waals surface area (Å²) in [6, 6.07) is 2.66. The van der Waals surface area contributed by atoms with Gasteiger partial charge in [-0.3, -0.25) is 9.59 Å². The van der Waals surface area contributed by atoms with Crippen LogP contribution in [0.1, 0.15) is 84.9 Å². The van der Waals surface area contributed by atoms with E-state index in [1.54, 1.807) is 24.5 Å². The van der Waals surface area contributed by atoms with E-state index in [0.717, 1.165) is 41.3 Å². The number of carbonyl (C=O) groups excluding carboxylic acids is 2. The molecule has 0 spiro atoms. The highest BCUT2D eigenvalue weighted by atomic mass is 19.1. The van der Waals surface area contributed by atoms with Gasteiger partial charge < -0.3 is 24.8 Å². The number of aromatic nitrogens is 2. The lowest BCUT2D eigenvalue weighted by Gasteiger charge is -2.41. The van der Waals surface area contributed by atoms with Gasteiger partial charge >= 0.3 is 5.97 Å². The van der Waals surface area contributed by atoms with E-state index in [1.165, 1.54) is 6.07 Å². The smallest absolute Gasteiger partial charge is 0.343 e. The average Bonchev–Trinajstić information content (AvgIpc) is 3.30. The number of ether oxygens (including phenoxy) is 1. The number of pyridine rings is 2. The van der Waals surface area contributed by atoms with Crippen molar-refractivity contribution in [3.05, 3.63) is 61.7 Å². The molecule has 3 N–H and O–H groups in total. The van der Waals surface area contributed by atoms with Crippen LogP contribution in [0.4, 0.5) is 4.39 Å². The normalized spacial score (nSPS) is 23.3. The molecule has 0 bridgehead atoms. The van der Waals surface area contributed by atoms with Gasteiger partial charge in [-0.15, -0.1) is 0 Å². The number of carbonyl (C=O) groups is 2. The number of amides is 1. The molecule has 2 atom stereocenters. The molecule has 0 radical (unpaired) electrons. The predicted octanol–water partition coefficient (Wildman–Crippen LogP) is 3.18. The summed E-state index contributed by atoms with van der Waals surface area (Å²) in [6.07, 6.45) is 3.95. The van der Waals surface area contributed by atoms with E-state index >= 15 is 4.39 Å². The van der Waals surface area contributed by atoms with Crippen LogP contribution in [0, 0.1) is 18.2 Å². The first-order valence-corrected chi connectivity index (χ1v) is 14.4. The van der Waals surface area contributed by atoms with Crippen molar-refractivity contribution in [2.45, 2.75) is 83.6 Å². The quantitative estimate of drug-likeness (QED) is 0.319. The van der Waals surface area contributed by atoms with Gasteiger partial charge in [-0.1, -0.05) is 13.3 Å². The molecule has 9 nitrogen and oxygen atoms in total. The lowest BCUT2D eigenvalue weighted by atomic mass is 9.66. The number of hydrogen-bond acceptors (Lipinski definition) is 7. The van der Waals surface area contributed by atoms with Gasteiger partial charge in [-0.05, 0) is 68.2 Å². The van der Waals surface area contributed by atoms with Crippen LogP contribution in [0.5, 0.6) is 0 Å². The van der Waals surface area contributed by atoms with Gasteiger partial charge in [0, 0.05) is 29.2 Å². The van der Waals surface area contributed by atoms with Crippen LogP contribution in [0.3, 0.4) is 0 Å². The van der Waals surface area contributed by atoms with Crippen LogP contribution < -0.4 is 10.9 Å². The van der Waals surface area contributed by atoms with Gasteiger partial charge in [0.25, 0.3) is 5.56 Å². The number of nitrogens with one attached hydrogen (secondary N) is 1. The first kappa shape index (κ1) is 26.3. The van der Waals surface area contributed by atoms with Crippen molar-refractivity contribution in [1.82, 2.24) is 14.9 Å². The number of halogens is 1. The van der Waals surface area contributed by atoms with Gasteiger partial charge in [0.05, 0.1) is 40.5 Å². The molecule has 4 heterocycles. The van der Waals surface area contributed by atoms with E-state index in [9.17, 15) is 24.6 Å². The summed E-state index contributed by atoms with van der Waals surface area (Å²) >= 11 is 0. The Labute approximate surface area is 235 Å². The molecule has 0 unspecified atom stereocenters. The summed E-state index contributed by atoms with van der Waals surface area (Å²) in [6.45, 7) is 3.30. The number of aliphatic hydroxyl groups excluding tert-OH is 1. The summed E-state index contributed by atoms with van der Waals surface area (Å²) in [5, 5.41) is 24.9. The summed E-state index contributed by atoms with van der Waals surface area (Å²) in [4.78, 5) is 44.8. The molecular weight excluding hydrogens is 529 g/mol. The Hall–Kier alpha value is -3.63. The summed E-state index contributed by atoms with van der Waals surface area (Å²) < 4.78 is 21.9. The zero-order valence-electron chi connectivity index (χ0n) is 23.1. The SMILES string of the molecule is CC[C@@]1(O)C(=O)OCc2c1cc1n(c2=O)Cc2c-1nc1cc(F)c(C)c3c1c2[C@@H](NC(=O)C1(CCO)CCC1)CC3. The fourth-order valence-electron chi connectivity index (χ4n) is 7.42. The van der Waals surface area contributed by atoms with Crippen LogP contribution in [0.2, 0.25) is 0 Å². The van der Waals surface area contributed by atoms with Gasteiger partial charge in [0.15, 0.2) is 5.60 Å². The molecule has 1 fully saturated rings. The van der Waals surface area contributed by atoms with Gasteiger partial charge in [0.1, 0.15) is 12.4 Å². The molecule has 1 saturated carbocycles. The number of fused-ring (bicyclic) bond motifs is 5. The molecule has 41 heavy (non-hydrogen) atoms. The summed E-state index contributed by atoms with van der Waals surface area (Å²) in [5.74, 6) is -1.25. The van der Waals surface area contributed by atoms with Gasteiger partial charge in [-0.25, -0.2) is 14.2 Å². The Bertz CT molecular complexity index is 1740. The molecule has 214 valence electrons. The molecule has 2 aliphatic carbocycles.